The number of carbonyl (C=O) groups excluding carboxylic acids is 1. The van der Waals surface area contributed by atoms with Gasteiger partial charge in [0.2, 0.25) is 0 Å². The van der Waals surface area contributed by atoms with E-state index in [4.69, 9.17) is 11.6 Å². The zero-order valence-corrected chi connectivity index (χ0v) is 10.7. The zero-order chi connectivity index (χ0) is 13.1. The van der Waals surface area contributed by atoms with Crippen molar-refractivity contribution in [2.75, 3.05) is 10.6 Å². The minimum absolute atomic E-state index is 0.375. The third kappa shape index (κ3) is 2.78. The van der Waals surface area contributed by atoms with Crippen LogP contribution in [0.25, 0.3) is 0 Å². The van der Waals surface area contributed by atoms with Gasteiger partial charge < -0.3 is 5.32 Å². The SMILES string of the molecule is Cc1[nH]nc(NC(=O)Nc2ccc(Cl)nc2)c1C. The molecule has 2 rings (SSSR count). The van der Waals surface area contributed by atoms with Crippen LogP contribution in [0.4, 0.5) is 16.3 Å². The monoisotopic (exact) mass is 265 g/mol. The summed E-state index contributed by atoms with van der Waals surface area (Å²) in [5.74, 6) is 0.506. The average Bonchev–Trinajstić information content (AvgIpc) is 2.64. The largest absolute Gasteiger partial charge is 0.324 e. The molecule has 2 aromatic rings. The van der Waals surface area contributed by atoms with Crippen LogP contribution in [0.1, 0.15) is 11.3 Å². The van der Waals surface area contributed by atoms with Crippen LogP contribution in [-0.4, -0.2) is 21.2 Å². The van der Waals surface area contributed by atoms with Gasteiger partial charge in [0.05, 0.1) is 11.9 Å². The lowest BCUT2D eigenvalue weighted by Gasteiger charge is -2.05. The van der Waals surface area contributed by atoms with E-state index in [1.807, 2.05) is 13.8 Å². The van der Waals surface area contributed by atoms with E-state index in [0.717, 1.165) is 11.3 Å². The maximum atomic E-state index is 11.7. The van der Waals surface area contributed by atoms with E-state index in [1.165, 1.54) is 6.20 Å². The maximum Gasteiger partial charge on any atom is 0.324 e. The van der Waals surface area contributed by atoms with Crippen LogP contribution in [0.15, 0.2) is 18.3 Å². The number of amides is 2. The fourth-order valence-electron chi connectivity index (χ4n) is 1.33. The Bertz CT molecular complexity index is 563. The van der Waals surface area contributed by atoms with Gasteiger partial charge in [0, 0.05) is 11.3 Å². The number of anilines is 2. The Labute approximate surface area is 109 Å². The lowest BCUT2D eigenvalue weighted by atomic mass is 10.3. The van der Waals surface area contributed by atoms with Crippen LogP contribution in [0.3, 0.4) is 0 Å². The molecule has 0 fully saturated rings. The summed E-state index contributed by atoms with van der Waals surface area (Å²) < 4.78 is 0. The van der Waals surface area contributed by atoms with Gasteiger partial charge in [-0.05, 0) is 26.0 Å². The van der Waals surface area contributed by atoms with Gasteiger partial charge in [0.25, 0.3) is 0 Å². The lowest BCUT2D eigenvalue weighted by Crippen LogP contribution is -2.20. The number of halogens is 1. The number of pyridine rings is 1. The molecule has 2 aromatic heterocycles. The third-order valence-corrected chi connectivity index (χ3v) is 2.69. The third-order valence-electron chi connectivity index (χ3n) is 2.47. The number of urea groups is 1. The summed E-state index contributed by atoms with van der Waals surface area (Å²) in [6.45, 7) is 3.76. The first-order valence-electron chi connectivity index (χ1n) is 5.27. The van der Waals surface area contributed by atoms with E-state index < -0.39 is 0 Å². The number of rotatable bonds is 2. The van der Waals surface area contributed by atoms with E-state index in [0.29, 0.717) is 16.7 Å². The Hall–Kier alpha value is -2.08. The highest BCUT2D eigenvalue weighted by molar-refractivity contribution is 6.29. The van der Waals surface area contributed by atoms with Gasteiger partial charge in [-0.3, -0.25) is 10.4 Å². The molecule has 6 nitrogen and oxygen atoms in total. The van der Waals surface area contributed by atoms with Gasteiger partial charge in [-0.1, -0.05) is 11.6 Å². The lowest BCUT2D eigenvalue weighted by molar-refractivity contribution is 0.262. The molecule has 0 saturated heterocycles. The van der Waals surface area contributed by atoms with Crippen LogP contribution in [0.2, 0.25) is 5.15 Å². The molecular weight excluding hydrogens is 254 g/mol. The standard InChI is InChI=1S/C11H12ClN5O/c1-6-7(2)16-17-10(6)15-11(18)14-8-3-4-9(12)13-5-8/h3-5H,1-2H3,(H3,14,15,16,17,18). The van der Waals surface area contributed by atoms with Gasteiger partial charge >= 0.3 is 6.03 Å². The van der Waals surface area contributed by atoms with Crippen molar-refractivity contribution in [3.05, 3.63) is 34.7 Å². The highest BCUT2D eigenvalue weighted by atomic mass is 35.5. The molecular formula is C11H12ClN5O. The molecule has 0 radical (unpaired) electrons. The molecule has 3 N–H and O–H groups in total. The van der Waals surface area contributed by atoms with E-state index >= 15 is 0 Å². The highest BCUT2D eigenvalue weighted by Crippen LogP contribution is 2.14. The molecule has 0 bridgehead atoms. The number of hydrogen-bond donors (Lipinski definition) is 3. The van der Waals surface area contributed by atoms with Crippen molar-refractivity contribution in [2.45, 2.75) is 13.8 Å². The van der Waals surface area contributed by atoms with E-state index in [2.05, 4.69) is 25.8 Å². The first kappa shape index (κ1) is 12.4. The molecule has 2 amide bonds. The van der Waals surface area contributed by atoms with Crippen molar-refractivity contribution < 1.29 is 4.79 Å². The second-order valence-electron chi connectivity index (χ2n) is 3.77. The number of carbonyl (C=O) groups is 1. The van der Waals surface area contributed by atoms with Crippen molar-refractivity contribution in [3.63, 3.8) is 0 Å². The van der Waals surface area contributed by atoms with Crippen LogP contribution in [-0.2, 0) is 0 Å². The molecule has 18 heavy (non-hydrogen) atoms. The van der Waals surface area contributed by atoms with Crippen molar-refractivity contribution in [3.8, 4) is 0 Å². The minimum atomic E-state index is -0.381. The predicted octanol–water partition coefficient (Wildman–Crippen LogP) is 2.72. The van der Waals surface area contributed by atoms with Crippen LogP contribution in [0.5, 0.6) is 0 Å². The van der Waals surface area contributed by atoms with Crippen molar-refractivity contribution >= 4 is 29.1 Å². The number of aromatic amines is 1. The molecule has 0 aliphatic heterocycles. The van der Waals surface area contributed by atoms with Gasteiger partial charge in [0.1, 0.15) is 5.15 Å². The Morgan fingerprint density at radius 1 is 1.33 bits per heavy atom. The second kappa shape index (κ2) is 5.05. The molecule has 2 heterocycles. The molecule has 0 unspecified atom stereocenters. The van der Waals surface area contributed by atoms with Crippen LogP contribution in [0, 0.1) is 13.8 Å². The molecule has 0 spiro atoms. The average molecular weight is 266 g/mol. The Balaban J connectivity index is 2.01. The fraction of sp³-hybridized carbons (Fsp3) is 0.182. The summed E-state index contributed by atoms with van der Waals surface area (Å²) in [6, 6.07) is 2.88. The predicted molar refractivity (Wildman–Crippen MR) is 70.0 cm³/mol. The number of aromatic nitrogens is 3. The molecule has 0 aromatic carbocycles. The minimum Gasteiger partial charge on any atom is -0.306 e. The van der Waals surface area contributed by atoms with Gasteiger partial charge in [-0.15, -0.1) is 0 Å². The maximum absolute atomic E-state index is 11.7. The summed E-state index contributed by atoms with van der Waals surface area (Å²) in [6.07, 6.45) is 1.48. The Morgan fingerprint density at radius 3 is 2.67 bits per heavy atom. The first-order chi connectivity index (χ1) is 8.56. The molecule has 0 aliphatic rings. The Kier molecular flexibility index (Phi) is 3.47. The summed E-state index contributed by atoms with van der Waals surface area (Å²) in [5.41, 5.74) is 2.37. The highest BCUT2D eigenvalue weighted by Gasteiger charge is 2.09. The topological polar surface area (TPSA) is 82.7 Å². The second-order valence-corrected chi connectivity index (χ2v) is 4.16. The molecule has 7 heteroatoms. The van der Waals surface area contributed by atoms with Crippen molar-refractivity contribution in [1.29, 1.82) is 0 Å². The summed E-state index contributed by atoms with van der Waals surface area (Å²) >= 11 is 5.65. The smallest absolute Gasteiger partial charge is 0.306 e. The number of hydrogen-bond acceptors (Lipinski definition) is 3. The summed E-state index contributed by atoms with van der Waals surface area (Å²) in [4.78, 5) is 15.6. The van der Waals surface area contributed by atoms with Crippen molar-refractivity contribution in [2.24, 2.45) is 0 Å². The number of nitrogens with zero attached hydrogens (tertiary/aromatic N) is 2. The number of aryl methyl sites for hydroxylation is 1. The zero-order valence-electron chi connectivity index (χ0n) is 9.91. The summed E-state index contributed by atoms with van der Waals surface area (Å²) in [7, 11) is 0. The number of nitrogens with one attached hydrogen (secondary N) is 3. The quantitative estimate of drug-likeness (QED) is 0.730. The fourth-order valence-corrected chi connectivity index (χ4v) is 1.44. The molecule has 0 aliphatic carbocycles. The molecule has 94 valence electrons. The van der Waals surface area contributed by atoms with Crippen LogP contribution < -0.4 is 10.6 Å². The Morgan fingerprint density at radius 2 is 2.11 bits per heavy atom. The van der Waals surface area contributed by atoms with E-state index in [9.17, 15) is 4.79 Å². The van der Waals surface area contributed by atoms with Gasteiger partial charge in [0.15, 0.2) is 5.82 Å². The van der Waals surface area contributed by atoms with Crippen LogP contribution >= 0.6 is 11.6 Å². The molecule has 0 saturated carbocycles. The van der Waals surface area contributed by atoms with Crippen molar-refractivity contribution in [1.82, 2.24) is 15.2 Å². The summed E-state index contributed by atoms with van der Waals surface area (Å²) in [5, 5.41) is 12.4. The number of H-pyrrole nitrogens is 1. The van der Waals surface area contributed by atoms with Gasteiger partial charge in [-0.2, -0.15) is 5.10 Å². The van der Waals surface area contributed by atoms with Gasteiger partial charge in [-0.25, -0.2) is 9.78 Å². The first-order valence-corrected chi connectivity index (χ1v) is 5.65. The van der Waals surface area contributed by atoms with E-state index in [-0.39, 0.29) is 6.03 Å². The van der Waals surface area contributed by atoms with E-state index in [1.54, 1.807) is 12.1 Å². The normalized spacial score (nSPS) is 10.2. The molecule has 0 atom stereocenters.